The van der Waals surface area contributed by atoms with Gasteiger partial charge in [-0.2, -0.15) is 0 Å². The quantitative estimate of drug-likeness (QED) is 0.410. The van der Waals surface area contributed by atoms with Crippen molar-refractivity contribution in [2.24, 2.45) is 4.99 Å². The van der Waals surface area contributed by atoms with Gasteiger partial charge in [-0.15, -0.1) is 0 Å². The minimum Gasteiger partial charge on any atom is -0.454 e. The lowest BCUT2D eigenvalue weighted by molar-refractivity contribution is 0.0337. The first-order valence-electron chi connectivity index (χ1n) is 8.95. The van der Waals surface area contributed by atoms with E-state index in [1.165, 1.54) is 5.56 Å². The summed E-state index contributed by atoms with van der Waals surface area (Å²) in [6.07, 6.45) is 1.51. The second kappa shape index (κ2) is 8.65. The predicted molar refractivity (Wildman–Crippen MR) is 107 cm³/mol. The Kier molecular flexibility index (Phi) is 6.56. The van der Waals surface area contributed by atoms with Crippen LogP contribution in [-0.4, -0.2) is 30.8 Å². The van der Waals surface area contributed by atoms with Gasteiger partial charge in [-0.25, -0.2) is 9.79 Å². The van der Waals surface area contributed by atoms with Gasteiger partial charge in [0.15, 0.2) is 0 Å². The zero-order valence-electron chi connectivity index (χ0n) is 16.5. The van der Waals surface area contributed by atoms with E-state index in [4.69, 9.17) is 4.74 Å². The van der Waals surface area contributed by atoms with Crippen LogP contribution >= 0.6 is 0 Å². The Labute approximate surface area is 156 Å². The van der Waals surface area contributed by atoms with E-state index in [9.17, 15) is 4.79 Å². The van der Waals surface area contributed by atoms with Gasteiger partial charge in [0.1, 0.15) is 6.10 Å². The van der Waals surface area contributed by atoms with Crippen molar-refractivity contribution in [3.63, 3.8) is 0 Å². The first kappa shape index (κ1) is 19.7. The third kappa shape index (κ3) is 4.72. The lowest BCUT2D eigenvalue weighted by Gasteiger charge is -2.16. The van der Waals surface area contributed by atoms with E-state index >= 15 is 0 Å². The maximum atomic E-state index is 12.6. The van der Waals surface area contributed by atoms with Gasteiger partial charge in [0.25, 0.3) is 0 Å². The van der Waals surface area contributed by atoms with Crippen molar-refractivity contribution in [3.8, 4) is 0 Å². The summed E-state index contributed by atoms with van der Waals surface area (Å²) in [5, 5.41) is 0. The molecule has 0 N–H and O–H groups in total. The first-order chi connectivity index (χ1) is 12.3. The molecule has 138 valence electrons. The third-order valence-corrected chi connectivity index (χ3v) is 4.70. The Morgan fingerprint density at radius 2 is 1.77 bits per heavy atom. The average Bonchev–Trinajstić information content (AvgIpc) is 2.62. The van der Waals surface area contributed by atoms with E-state index in [2.05, 4.69) is 11.9 Å². The number of aryl methyl sites for hydroxylation is 1. The number of carbonyl (C=O) groups is 1. The highest BCUT2D eigenvalue weighted by atomic mass is 16.5. The minimum absolute atomic E-state index is 0.293. The van der Waals surface area contributed by atoms with Crippen LogP contribution < -0.4 is 0 Å². The van der Waals surface area contributed by atoms with E-state index < -0.39 is 0 Å². The number of hydrogen-bond donors (Lipinski definition) is 0. The lowest BCUT2D eigenvalue weighted by Crippen LogP contribution is -2.14. The molecule has 0 amide bonds. The topological polar surface area (TPSA) is 41.9 Å². The fourth-order valence-corrected chi connectivity index (χ4v) is 2.54. The highest BCUT2D eigenvalue weighted by molar-refractivity contribution is 5.92. The van der Waals surface area contributed by atoms with Crippen molar-refractivity contribution in [1.29, 1.82) is 0 Å². The molecule has 0 heterocycles. The SMILES string of the molecule is CCN(C)C=Nc1ccc(C(=O)OC(C)c2ccc(C)cc2)c(C)c1C. The summed E-state index contributed by atoms with van der Waals surface area (Å²) in [4.78, 5) is 19.1. The zero-order valence-corrected chi connectivity index (χ0v) is 16.5. The van der Waals surface area contributed by atoms with Crippen molar-refractivity contribution >= 4 is 18.0 Å². The smallest absolute Gasteiger partial charge is 0.339 e. The maximum Gasteiger partial charge on any atom is 0.339 e. The van der Waals surface area contributed by atoms with Crippen LogP contribution in [0.15, 0.2) is 41.4 Å². The lowest BCUT2D eigenvalue weighted by atomic mass is 10.0. The number of nitrogens with zero attached hydrogens (tertiary/aromatic N) is 2. The molecule has 0 aliphatic carbocycles. The van der Waals surface area contributed by atoms with Crippen LogP contribution in [0.25, 0.3) is 0 Å². The van der Waals surface area contributed by atoms with Gasteiger partial charge in [0.2, 0.25) is 0 Å². The Morgan fingerprint density at radius 1 is 1.12 bits per heavy atom. The molecule has 0 bridgehead atoms. The normalized spacial score (nSPS) is 12.2. The Morgan fingerprint density at radius 3 is 2.38 bits per heavy atom. The van der Waals surface area contributed by atoms with Gasteiger partial charge >= 0.3 is 5.97 Å². The predicted octanol–water partition coefficient (Wildman–Crippen LogP) is 5.14. The van der Waals surface area contributed by atoms with E-state index in [-0.39, 0.29) is 12.1 Å². The van der Waals surface area contributed by atoms with Gasteiger partial charge in [0.05, 0.1) is 17.6 Å². The van der Waals surface area contributed by atoms with Crippen LogP contribution in [0, 0.1) is 20.8 Å². The maximum absolute atomic E-state index is 12.6. The molecule has 4 nitrogen and oxygen atoms in total. The molecule has 2 aromatic carbocycles. The molecule has 26 heavy (non-hydrogen) atoms. The monoisotopic (exact) mass is 352 g/mol. The summed E-state index contributed by atoms with van der Waals surface area (Å²) in [6.45, 7) is 10.8. The highest BCUT2D eigenvalue weighted by Gasteiger charge is 2.17. The van der Waals surface area contributed by atoms with Gasteiger partial charge in [-0.1, -0.05) is 29.8 Å². The zero-order chi connectivity index (χ0) is 19.3. The molecule has 1 atom stereocenters. The number of aliphatic imine (C=N–C) groups is 1. The molecule has 4 heteroatoms. The second-order valence-electron chi connectivity index (χ2n) is 6.66. The number of esters is 1. The van der Waals surface area contributed by atoms with Crippen LogP contribution in [0.1, 0.15) is 52.6 Å². The molecule has 0 aromatic heterocycles. The summed E-state index contributed by atoms with van der Waals surface area (Å²) in [6, 6.07) is 11.7. The Hall–Kier alpha value is -2.62. The average molecular weight is 352 g/mol. The van der Waals surface area contributed by atoms with Crippen molar-refractivity contribution in [3.05, 3.63) is 64.2 Å². The summed E-state index contributed by atoms with van der Waals surface area (Å²) in [5.74, 6) is -0.306. The van der Waals surface area contributed by atoms with Crippen molar-refractivity contribution in [2.45, 2.75) is 40.7 Å². The number of rotatable bonds is 6. The fourth-order valence-electron chi connectivity index (χ4n) is 2.54. The molecule has 2 aromatic rings. The van der Waals surface area contributed by atoms with E-state index in [0.717, 1.165) is 28.9 Å². The van der Waals surface area contributed by atoms with E-state index in [1.54, 1.807) is 12.4 Å². The van der Waals surface area contributed by atoms with Crippen LogP contribution in [0.2, 0.25) is 0 Å². The molecular weight excluding hydrogens is 324 g/mol. The summed E-state index contributed by atoms with van der Waals surface area (Å²) < 4.78 is 5.67. The van der Waals surface area contributed by atoms with Crippen LogP contribution in [0.3, 0.4) is 0 Å². The summed E-state index contributed by atoms with van der Waals surface area (Å²) in [5.41, 5.74) is 5.52. The molecule has 0 radical (unpaired) electrons. The number of hydrogen-bond acceptors (Lipinski definition) is 3. The second-order valence-corrected chi connectivity index (χ2v) is 6.66. The minimum atomic E-state index is -0.306. The molecule has 0 fully saturated rings. The Balaban J connectivity index is 2.17. The Bertz CT molecular complexity index is 795. The third-order valence-electron chi connectivity index (χ3n) is 4.70. The van der Waals surface area contributed by atoms with Crippen molar-refractivity contribution in [2.75, 3.05) is 13.6 Å². The summed E-state index contributed by atoms with van der Waals surface area (Å²) >= 11 is 0. The molecule has 2 rings (SSSR count). The van der Waals surface area contributed by atoms with Crippen LogP contribution in [-0.2, 0) is 4.74 Å². The van der Waals surface area contributed by atoms with Crippen molar-refractivity contribution < 1.29 is 9.53 Å². The molecule has 1 unspecified atom stereocenters. The van der Waals surface area contributed by atoms with Gasteiger partial charge < -0.3 is 9.64 Å². The molecular formula is C22H28N2O2. The number of ether oxygens (including phenoxy) is 1. The van der Waals surface area contributed by atoms with Gasteiger partial charge in [-0.05, 0) is 63.4 Å². The highest BCUT2D eigenvalue weighted by Crippen LogP contribution is 2.27. The summed E-state index contributed by atoms with van der Waals surface area (Å²) in [7, 11) is 1.98. The van der Waals surface area contributed by atoms with Gasteiger partial charge in [0, 0.05) is 13.6 Å². The molecule has 0 saturated heterocycles. The number of benzene rings is 2. The molecule has 0 spiro atoms. The van der Waals surface area contributed by atoms with E-state index in [1.807, 2.05) is 70.0 Å². The first-order valence-corrected chi connectivity index (χ1v) is 8.95. The molecule has 0 aliphatic heterocycles. The fraction of sp³-hybridized carbons (Fsp3) is 0.364. The molecule has 0 saturated carbocycles. The van der Waals surface area contributed by atoms with Crippen molar-refractivity contribution in [1.82, 2.24) is 4.90 Å². The van der Waals surface area contributed by atoms with E-state index in [0.29, 0.717) is 5.56 Å². The standard InChI is InChI=1S/C22H28N2O2/c1-7-24(6)14-23-21-13-12-20(16(3)17(21)4)22(25)26-18(5)19-10-8-15(2)9-11-19/h8-14,18H,7H2,1-6H3. The number of carbonyl (C=O) groups excluding carboxylic acids is 1. The largest absolute Gasteiger partial charge is 0.454 e. The van der Waals surface area contributed by atoms with Crippen LogP contribution in [0.5, 0.6) is 0 Å². The van der Waals surface area contributed by atoms with Gasteiger partial charge in [-0.3, -0.25) is 0 Å². The molecule has 0 aliphatic rings. The van der Waals surface area contributed by atoms with Crippen LogP contribution in [0.4, 0.5) is 5.69 Å².